The van der Waals surface area contributed by atoms with E-state index in [2.05, 4.69) is 9.97 Å². The Kier molecular flexibility index (Phi) is 4.98. The van der Waals surface area contributed by atoms with Crippen LogP contribution in [-0.4, -0.2) is 28.8 Å². The zero-order valence-electron chi connectivity index (χ0n) is 11.1. The Hall–Kier alpha value is -1.59. The Morgan fingerprint density at radius 3 is 2.80 bits per heavy atom. The van der Waals surface area contributed by atoms with Gasteiger partial charge in [-0.05, 0) is 31.4 Å². The Balaban J connectivity index is 2.36. The van der Waals surface area contributed by atoms with Crippen molar-refractivity contribution in [2.24, 2.45) is 0 Å². The molecule has 0 unspecified atom stereocenters. The minimum absolute atomic E-state index is 0.238. The first-order chi connectivity index (χ1) is 9.65. The summed E-state index contributed by atoms with van der Waals surface area (Å²) in [4.78, 5) is 20.7. The number of carbonyl (C=O) groups excluding carboxylic acids is 1. The fourth-order valence-corrected chi connectivity index (χ4v) is 2.53. The molecule has 1 heterocycles. The number of rotatable bonds is 4. The molecule has 1 aromatic heterocycles. The lowest BCUT2D eigenvalue weighted by Crippen LogP contribution is -2.07. The highest BCUT2D eigenvalue weighted by Crippen LogP contribution is 2.29. The molecule has 0 spiro atoms. The Labute approximate surface area is 126 Å². The van der Waals surface area contributed by atoms with Crippen LogP contribution in [0.1, 0.15) is 17.4 Å². The van der Waals surface area contributed by atoms with Gasteiger partial charge in [0.1, 0.15) is 6.33 Å². The molecule has 0 amide bonds. The van der Waals surface area contributed by atoms with Crippen LogP contribution in [0.4, 0.5) is 0 Å². The minimum Gasteiger partial charge on any atom is -0.461 e. The van der Waals surface area contributed by atoms with Crippen molar-refractivity contribution in [3.05, 3.63) is 41.3 Å². The van der Waals surface area contributed by atoms with Crippen LogP contribution in [0.15, 0.2) is 35.5 Å². The molecule has 4 nitrogen and oxygen atoms in total. The van der Waals surface area contributed by atoms with Crippen molar-refractivity contribution < 1.29 is 9.53 Å². The number of nitrogens with zero attached hydrogens (tertiary/aromatic N) is 2. The highest BCUT2D eigenvalue weighted by atomic mass is 35.5. The Morgan fingerprint density at radius 2 is 2.15 bits per heavy atom. The number of hydrogen-bond donors (Lipinski definition) is 0. The maximum absolute atomic E-state index is 11.7. The summed E-state index contributed by atoms with van der Waals surface area (Å²) >= 11 is 7.75. The quantitative estimate of drug-likeness (QED) is 0.637. The molecule has 0 atom stereocenters. The van der Waals surface area contributed by atoms with Crippen LogP contribution < -0.4 is 0 Å². The molecule has 0 aliphatic heterocycles. The summed E-state index contributed by atoms with van der Waals surface area (Å²) in [6, 6.07) is 7.26. The second-order valence-corrected chi connectivity index (χ2v) is 5.11. The summed E-state index contributed by atoms with van der Waals surface area (Å²) in [6.07, 6.45) is 3.31. The van der Waals surface area contributed by atoms with Gasteiger partial charge in [-0.1, -0.05) is 17.7 Å². The van der Waals surface area contributed by atoms with Gasteiger partial charge in [0.05, 0.1) is 17.3 Å². The van der Waals surface area contributed by atoms with Crippen LogP contribution in [-0.2, 0) is 4.74 Å². The van der Waals surface area contributed by atoms with Crippen LogP contribution in [0.5, 0.6) is 0 Å². The average Bonchev–Trinajstić information content (AvgIpc) is 2.47. The predicted molar refractivity (Wildman–Crippen MR) is 80.2 cm³/mol. The number of thioether (sulfide) groups is 1. The topological polar surface area (TPSA) is 52.1 Å². The van der Waals surface area contributed by atoms with Gasteiger partial charge in [-0.2, -0.15) is 0 Å². The van der Waals surface area contributed by atoms with Gasteiger partial charge in [0.25, 0.3) is 0 Å². The van der Waals surface area contributed by atoms with E-state index in [1.54, 1.807) is 24.8 Å². The molecule has 1 aromatic carbocycles. The van der Waals surface area contributed by atoms with E-state index in [0.717, 1.165) is 10.5 Å². The van der Waals surface area contributed by atoms with Gasteiger partial charge in [0, 0.05) is 10.5 Å². The van der Waals surface area contributed by atoms with Crippen LogP contribution in [0.3, 0.4) is 0 Å². The largest absolute Gasteiger partial charge is 0.461 e. The molecule has 104 valence electrons. The molecule has 6 heteroatoms. The van der Waals surface area contributed by atoms with E-state index in [9.17, 15) is 4.79 Å². The molecule has 0 aliphatic rings. The Morgan fingerprint density at radius 1 is 1.35 bits per heavy atom. The van der Waals surface area contributed by atoms with Crippen molar-refractivity contribution in [2.75, 3.05) is 12.9 Å². The van der Waals surface area contributed by atoms with E-state index in [1.807, 2.05) is 24.5 Å². The van der Waals surface area contributed by atoms with Crippen LogP contribution in [0.25, 0.3) is 11.3 Å². The smallest absolute Gasteiger partial charge is 0.357 e. The summed E-state index contributed by atoms with van der Waals surface area (Å²) in [5.41, 5.74) is 1.71. The molecule has 0 radical (unpaired) electrons. The second-order valence-electron chi connectivity index (χ2n) is 3.86. The number of carbonyl (C=O) groups is 1. The van der Waals surface area contributed by atoms with Crippen molar-refractivity contribution in [3.8, 4) is 11.3 Å². The highest BCUT2D eigenvalue weighted by molar-refractivity contribution is 7.98. The van der Waals surface area contributed by atoms with Gasteiger partial charge >= 0.3 is 5.97 Å². The third-order valence-corrected chi connectivity index (χ3v) is 3.82. The molecule has 0 bridgehead atoms. The summed E-state index contributed by atoms with van der Waals surface area (Å²) in [5.74, 6) is -0.456. The van der Waals surface area contributed by atoms with E-state index in [0.29, 0.717) is 17.3 Å². The number of esters is 1. The lowest BCUT2D eigenvalue weighted by Gasteiger charge is -2.06. The number of aromatic nitrogens is 2. The summed E-state index contributed by atoms with van der Waals surface area (Å²) < 4.78 is 4.92. The second kappa shape index (κ2) is 6.72. The zero-order valence-corrected chi connectivity index (χ0v) is 12.7. The first kappa shape index (κ1) is 14.8. The maximum atomic E-state index is 11.7. The van der Waals surface area contributed by atoms with E-state index in [-0.39, 0.29) is 5.69 Å². The predicted octanol–water partition coefficient (Wildman–Crippen LogP) is 3.70. The normalized spacial score (nSPS) is 10.3. The van der Waals surface area contributed by atoms with Gasteiger partial charge in [-0.3, -0.25) is 0 Å². The van der Waals surface area contributed by atoms with Crippen molar-refractivity contribution in [1.29, 1.82) is 0 Å². The first-order valence-corrected chi connectivity index (χ1v) is 7.59. The van der Waals surface area contributed by atoms with Crippen molar-refractivity contribution >= 4 is 29.3 Å². The monoisotopic (exact) mass is 308 g/mol. The molecular formula is C14H13ClN2O2S. The van der Waals surface area contributed by atoms with Gasteiger partial charge in [-0.15, -0.1) is 11.8 Å². The van der Waals surface area contributed by atoms with Crippen LogP contribution >= 0.6 is 23.4 Å². The van der Waals surface area contributed by atoms with Gasteiger partial charge in [0.15, 0.2) is 5.69 Å². The SMILES string of the molecule is CCOC(=O)c1cc(-c2ccc(SC)c(Cl)c2)ncn1. The molecule has 0 fully saturated rings. The van der Waals surface area contributed by atoms with Crippen molar-refractivity contribution in [1.82, 2.24) is 9.97 Å². The standard InChI is InChI=1S/C14H13ClN2O2S/c1-3-19-14(18)12-7-11(16-8-17-12)9-4-5-13(20-2)10(15)6-9/h4-8H,3H2,1-2H3. The summed E-state index contributed by atoms with van der Waals surface area (Å²) in [6.45, 7) is 2.06. The van der Waals surface area contributed by atoms with Gasteiger partial charge in [-0.25, -0.2) is 14.8 Å². The first-order valence-electron chi connectivity index (χ1n) is 5.98. The van der Waals surface area contributed by atoms with Crippen molar-refractivity contribution in [2.45, 2.75) is 11.8 Å². The molecule has 0 saturated carbocycles. The fraction of sp³-hybridized carbons (Fsp3) is 0.214. The lowest BCUT2D eigenvalue weighted by atomic mass is 10.1. The van der Waals surface area contributed by atoms with E-state index in [4.69, 9.17) is 16.3 Å². The molecular weight excluding hydrogens is 296 g/mol. The van der Waals surface area contributed by atoms with Crippen molar-refractivity contribution in [3.63, 3.8) is 0 Å². The highest BCUT2D eigenvalue weighted by Gasteiger charge is 2.11. The molecule has 0 saturated heterocycles. The van der Waals surface area contributed by atoms with E-state index in [1.165, 1.54) is 6.33 Å². The molecule has 2 aromatic rings. The number of ether oxygens (including phenoxy) is 1. The average molecular weight is 309 g/mol. The van der Waals surface area contributed by atoms with E-state index >= 15 is 0 Å². The fourth-order valence-electron chi connectivity index (χ4n) is 1.66. The third-order valence-electron chi connectivity index (χ3n) is 2.60. The van der Waals surface area contributed by atoms with Gasteiger partial charge < -0.3 is 4.74 Å². The molecule has 20 heavy (non-hydrogen) atoms. The molecule has 0 aliphatic carbocycles. The van der Waals surface area contributed by atoms with E-state index < -0.39 is 5.97 Å². The summed E-state index contributed by atoms with van der Waals surface area (Å²) in [5, 5.41) is 0.659. The number of halogens is 1. The maximum Gasteiger partial charge on any atom is 0.357 e. The number of benzene rings is 1. The zero-order chi connectivity index (χ0) is 14.5. The third kappa shape index (κ3) is 3.29. The molecule has 2 rings (SSSR count). The van der Waals surface area contributed by atoms with Crippen LogP contribution in [0, 0.1) is 0 Å². The minimum atomic E-state index is -0.456. The summed E-state index contributed by atoms with van der Waals surface area (Å²) in [7, 11) is 0. The molecule has 0 N–H and O–H groups in total. The van der Waals surface area contributed by atoms with Gasteiger partial charge in [0.2, 0.25) is 0 Å². The van der Waals surface area contributed by atoms with Crippen LogP contribution in [0.2, 0.25) is 5.02 Å². The number of hydrogen-bond acceptors (Lipinski definition) is 5. The lowest BCUT2D eigenvalue weighted by molar-refractivity contribution is 0.0519. The Bertz CT molecular complexity index is 634.